The molecule has 0 unspecified atom stereocenters. The molecule has 1 aliphatic rings. The summed E-state index contributed by atoms with van der Waals surface area (Å²) in [6.07, 6.45) is 3.38. The number of ether oxygens (including phenoxy) is 3. The Labute approximate surface area is 235 Å². The predicted octanol–water partition coefficient (Wildman–Crippen LogP) is 5.15. The Morgan fingerprint density at radius 1 is 0.976 bits per heavy atom. The van der Waals surface area contributed by atoms with E-state index in [1.807, 2.05) is 60.8 Å². The number of aromatic nitrogens is 2. The number of rotatable bonds is 9. The molecule has 0 saturated heterocycles. The lowest BCUT2D eigenvalue weighted by atomic mass is 10.1. The van der Waals surface area contributed by atoms with Crippen LogP contribution in [0.5, 0.6) is 17.2 Å². The summed E-state index contributed by atoms with van der Waals surface area (Å²) in [5.74, 6) is 1.86. The molecule has 0 spiro atoms. The molecular formula is C31H26N4O6. The normalized spacial score (nSPS) is 11.7. The number of carbonyl (C=O) groups excluding carboxylic acids is 2. The van der Waals surface area contributed by atoms with Gasteiger partial charge in [0, 0.05) is 23.0 Å². The molecule has 2 aromatic heterocycles. The van der Waals surface area contributed by atoms with Crippen LogP contribution in [0.4, 0.5) is 5.95 Å². The number of fused-ring (bicyclic) bond motifs is 1. The average Bonchev–Trinajstić information content (AvgIpc) is 3.78. The van der Waals surface area contributed by atoms with Gasteiger partial charge < -0.3 is 23.5 Å². The molecule has 0 aliphatic carbocycles. The molecule has 6 rings (SSSR count). The van der Waals surface area contributed by atoms with Crippen molar-refractivity contribution in [2.45, 2.75) is 6.54 Å². The van der Waals surface area contributed by atoms with Crippen LogP contribution in [0.25, 0.3) is 16.9 Å². The van der Waals surface area contributed by atoms with Gasteiger partial charge in [-0.3, -0.25) is 19.5 Å². The van der Waals surface area contributed by atoms with Crippen molar-refractivity contribution < 1.29 is 28.2 Å². The fourth-order valence-corrected chi connectivity index (χ4v) is 4.49. The van der Waals surface area contributed by atoms with Gasteiger partial charge in [0.2, 0.25) is 18.6 Å². The smallest absolute Gasteiger partial charge is 0.254 e. The van der Waals surface area contributed by atoms with Gasteiger partial charge in [0.1, 0.15) is 18.1 Å². The van der Waals surface area contributed by atoms with Crippen LogP contribution in [0.15, 0.2) is 102 Å². The van der Waals surface area contributed by atoms with E-state index in [1.165, 1.54) is 11.2 Å². The summed E-state index contributed by atoms with van der Waals surface area (Å²) >= 11 is 0. The standard InChI is InChI=1S/C31H26N4O6/c1-38-24-12-9-21(10-13-24)26-18-35(23-6-3-2-4-7-23)31(32-26)33-29(36)19-34(17-25-8-5-15-39-25)30(37)22-11-14-27-28(16-22)41-20-40-27/h2-16,18H,17,19-20H2,1H3,(H,32,33,36). The van der Waals surface area contributed by atoms with Crippen molar-refractivity contribution in [3.8, 4) is 34.2 Å². The third kappa shape index (κ3) is 5.62. The maximum absolute atomic E-state index is 13.6. The predicted molar refractivity (Wildman–Crippen MR) is 150 cm³/mol. The molecule has 1 aliphatic heterocycles. The van der Waals surface area contributed by atoms with Crippen molar-refractivity contribution in [1.82, 2.24) is 14.5 Å². The average molecular weight is 551 g/mol. The first kappa shape index (κ1) is 25.8. The van der Waals surface area contributed by atoms with E-state index >= 15 is 0 Å². The molecule has 0 atom stereocenters. The van der Waals surface area contributed by atoms with E-state index in [0.29, 0.717) is 34.5 Å². The summed E-state index contributed by atoms with van der Waals surface area (Å²) < 4.78 is 23.3. The van der Waals surface area contributed by atoms with Crippen molar-refractivity contribution in [2.75, 3.05) is 25.8 Å². The van der Waals surface area contributed by atoms with E-state index < -0.39 is 5.91 Å². The second-order valence-electron chi connectivity index (χ2n) is 9.24. The number of hydrogen-bond acceptors (Lipinski definition) is 7. The van der Waals surface area contributed by atoms with Crippen molar-refractivity contribution in [2.24, 2.45) is 0 Å². The molecule has 3 heterocycles. The second kappa shape index (κ2) is 11.3. The fourth-order valence-electron chi connectivity index (χ4n) is 4.49. The number of para-hydroxylation sites is 1. The van der Waals surface area contributed by atoms with E-state index in [9.17, 15) is 9.59 Å². The molecule has 0 saturated carbocycles. The monoisotopic (exact) mass is 550 g/mol. The summed E-state index contributed by atoms with van der Waals surface area (Å²) in [4.78, 5) is 33.1. The Morgan fingerprint density at radius 3 is 2.54 bits per heavy atom. The zero-order valence-corrected chi connectivity index (χ0v) is 22.2. The van der Waals surface area contributed by atoms with Gasteiger partial charge in [-0.05, 0) is 66.7 Å². The van der Waals surface area contributed by atoms with Crippen molar-refractivity contribution >= 4 is 17.8 Å². The Balaban J connectivity index is 1.27. The van der Waals surface area contributed by atoms with Crippen LogP contribution in [0.2, 0.25) is 0 Å². The molecule has 206 valence electrons. The van der Waals surface area contributed by atoms with E-state index in [0.717, 1.165) is 17.0 Å². The minimum Gasteiger partial charge on any atom is -0.497 e. The number of hydrogen-bond donors (Lipinski definition) is 1. The first-order valence-electron chi connectivity index (χ1n) is 12.9. The molecule has 0 bridgehead atoms. The Kier molecular flexibility index (Phi) is 7.10. The molecule has 0 fully saturated rings. The van der Waals surface area contributed by atoms with E-state index in [2.05, 4.69) is 5.32 Å². The van der Waals surface area contributed by atoms with Gasteiger partial charge in [-0.25, -0.2) is 4.98 Å². The highest BCUT2D eigenvalue weighted by atomic mass is 16.7. The fraction of sp³-hybridized carbons (Fsp3) is 0.129. The number of methoxy groups -OCH3 is 1. The Bertz CT molecular complexity index is 1660. The van der Waals surface area contributed by atoms with E-state index in [4.69, 9.17) is 23.6 Å². The quantitative estimate of drug-likeness (QED) is 0.270. The highest BCUT2D eigenvalue weighted by molar-refractivity contribution is 5.99. The first-order valence-corrected chi connectivity index (χ1v) is 12.9. The third-order valence-corrected chi connectivity index (χ3v) is 6.55. The van der Waals surface area contributed by atoms with Gasteiger partial charge in [-0.15, -0.1) is 0 Å². The molecule has 10 heteroatoms. The SMILES string of the molecule is COc1ccc(-c2cn(-c3ccccc3)c(NC(=O)CN(Cc3ccco3)C(=O)c3ccc4c(c3)OCO4)n2)cc1. The van der Waals surface area contributed by atoms with Gasteiger partial charge in [-0.1, -0.05) is 18.2 Å². The number of anilines is 1. The molecule has 5 aromatic rings. The summed E-state index contributed by atoms with van der Waals surface area (Å²) in [7, 11) is 1.61. The molecule has 3 aromatic carbocycles. The zero-order chi connectivity index (χ0) is 28.2. The molecule has 0 radical (unpaired) electrons. The minimum absolute atomic E-state index is 0.0952. The summed E-state index contributed by atoms with van der Waals surface area (Å²) in [5, 5.41) is 2.90. The molecule has 2 amide bonds. The number of carbonyl (C=O) groups is 2. The lowest BCUT2D eigenvalue weighted by Crippen LogP contribution is -2.37. The van der Waals surface area contributed by atoms with Crippen LogP contribution in [-0.2, 0) is 11.3 Å². The van der Waals surface area contributed by atoms with Crippen molar-refractivity contribution in [1.29, 1.82) is 0 Å². The van der Waals surface area contributed by atoms with Crippen LogP contribution < -0.4 is 19.5 Å². The molecular weight excluding hydrogens is 524 g/mol. The number of imidazole rings is 1. The first-order chi connectivity index (χ1) is 20.1. The highest BCUT2D eigenvalue weighted by Crippen LogP contribution is 2.33. The van der Waals surface area contributed by atoms with Crippen LogP contribution >= 0.6 is 0 Å². The summed E-state index contributed by atoms with van der Waals surface area (Å²) in [6, 6.07) is 25.5. The van der Waals surface area contributed by atoms with Gasteiger partial charge in [-0.2, -0.15) is 0 Å². The van der Waals surface area contributed by atoms with E-state index in [-0.39, 0.29) is 25.8 Å². The molecule has 10 nitrogen and oxygen atoms in total. The largest absolute Gasteiger partial charge is 0.497 e. The van der Waals surface area contributed by atoms with Gasteiger partial charge in [0.15, 0.2) is 11.5 Å². The lowest BCUT2D eigenvalue weighted by molar-refractivity contribution is -0.117. The number of nitrogens with zero attached hydrogens (tertiary/aromatic N) is 3. The minimum atomic E-state index is -0.422. The summed E-state index contributed by atoms with van der Waals surface area (Å²) in [5.41, 5.74) is 2.70. The number of furan rings is 1. The summed E-state index contributed by atoms with van der Waals surface area (Å²) in [6.45, 7) is -0.0521. The topological polar surface area (TPSA) is 108 Å². The Morgan fingerprint density at radius 2 is 1.78 bits per heavy atom. The van der Waals surface area contributed by atoms with Gasteiger partial charge >= 0.3 is 0 Å². The van der Waals surface area contributed by atoms with Crippen molar-refractivity contribution in [3.63, 3.8) is 0 Å². The van der Waals surface area contributed by atoms with Crippen LogP contribution in [0.3, 0.4) is 0 Å². The van der Waals surface area contributed by atoms with E-state index in [1.54, 1.807) is 42.0 Å². The maximum Gasteiger partial charge on any atom is 0.254 e. The van der Waals surface area contributed by atoms with Crippen LogP contribution in [0.1, 0.15) is 16.1 Å². The van der Waals surface area contributed by atoms with Gasteiger partial charge in [0.05, 0.1) is 25.6 Å². The zero-order valence-electron chi connectivity index (χ0n) is 22.2. The van der Waals surface area contributed by atoms with Crippen molar-refractivity contribution in [3.05, 3.63) is 109 Å². The molecule has 1 N–H and O–H groups in total. The number of benzene rings is 3. The third-order valence-electron chi connectivity index (χ3n) is 6.55. The van der Waals surface area contributed by atoms with Crippen LogP contribution in [0, 0.1) is 0 Å². The lowest BCUT2D eigenvalue weighted by Gasteiger charge is -2.21. The Hall–Kier alpha value is -5.51. The number of amides is 2. The highest BCUT2D eigenvalue weighted by Gasteiger charge is 2.24. The van der Waals surface area contributed by atoms with Crippen LogP contribution in [-0.4, -0.2) is 46.7 Å². The maximum atomic E-state index is 13.6. The second-order valence-corrected chi connectivity index (χ2v) is 9.24. The number of nitrogens with one attached hydrogen (secondary N) is 1. The van der Waals surface area contributed by atoms with Gasteiger partial charge in [0.25, 0.3) is 5.91 Å². The molecule has 41 heavy (non-hydrogen) atoms.